The molecule has 98 valence electrons. The largest absolute Gasteiger partial charge is 0.401 e. The molecule has 2 rings (SSSR count). The van der Waals surface area contributed by atoms with Crippen LogP contribution in [0.1, 0.15) is 5.69 Å². The minimum atomic E-state index is -4.29. The quantitative estimate of drug-likeness (QED) is 0.904. The second-order valence-electron chi connectivity index (χ2n) is 3.76. The van der Waals surface area contributed by atoms with Crippen molar-refractivity contribution < 1.29 is 18.0 Å². The van der Waals surface area contributed by atoms with E-state index in [1.165, 1.54) is 11.3 Å². The molecule has 1 N–H and O–H groups in total. The third kappa shape index (κ3) is 3.54. The molecule has 0 unspecified atom stereocenters. The average molecular weight is 277 g/mol. The van der Waals surface area contributed by atoms with Gasteiger partial charge in [0, 0.05) is 17.8 Å². The lowest BCUT2D eigenvalue weighted by atomic mass is 10.2. The molecule has 2 heterocycles. The Kier molecular flexibility index (Phi) is 3.67. The van der Waals surface area contributed by atoms with Crippen LogP contribution in [0.15, 0.2) is 17.8 Å². The first-order valence-electron chi connectivity index (χ1n) is 5.14. The van der Waals surface area contributed by atoms with Crippen LogP contribution in [0, 0.1) is 0 Å². The Morgan fingerprint density at radius 2 is 2.28 bits per heavy atom. The van der Waals surface area contributed by atoms with Gasteiger partial charge in [-0.25, -0.2) is 4.98 Å². The topological polar surface area (TPSA) is 46.4 Å². The average Bonchev–Trinajstić information content (AvgIpc) is 2.75. The van der Waals surface area contributed by atoms with E-state index in [0.717, 1.165) is 4.96 Å². The number of aromatic nitrogens is 2. The molecular formula is C10H10F3N3OS. The van der Waals surface area contributed by atoms with E-state index in [0.29, 0.717) is 5.69 Å². The highest BCUT2D eigenvalue weighted by molar-refractivity contribution is 7.15. The number of halogens is 3. The van der Waals surface area contributed by atoms with Crippen LogP contribution in [0.2, 0.25) is 0 Å². The van der Waals surface area contributed by atoms with Gasteiger partial charge in [0.15, 0.2) is 10.7 Å². The number of rotatable bonds is 5. The van der Waals surface area contributed by atoms with Gasteiger partial charge < -0.3 is 5.32 Å². The van der Waals surface area contributed by atoms with Crippen LogP contribution in [0.3, 0.4) is 0 Å². The van der Waals surface area contributed by atoms with Crippen molar-refractivity contribution in [1.29, 1.82) is 0 Å². The predicted octanol–water partition coefficient (Wildman–Crippen LogP) is 1.66. The summed E-state index contributed by atoms with van der Waals surface area (Å²) in [7, 11) is 0. The number of carbonyl (C=O) groups excluding carboxylic acids is 1. The molecule has 0 aromatic carbocycles. The lowest BCUT2D eigenvalue weighted by Crippen LogP contribution is -2.33. The van der Waals surface area contributed by atoms with Crippen molar-refractivity contribution in [1.82, 2.24) is 14.7 Å². The number of nitrogens with one attached hydrogen (secondary N) is 1. The van der Waals surface area contributed by atoms with Gasteiger partial charge in [0.1, 0.15) is 0 Å². The van der Waals surface area contributed by atoms with Crippen LogP contribution in [-0.2, 0) is 11.2 Å². The number of alkyl halides is 3. The molecule has 0 aliphatic heterocycles. The highest BCUT2D eigenvalue weighted by atomic mass is 32.1. The van der Waals surface area contributed by atoms with Crippen LogP contribution in [0.25, 0.3) is 4.96 Å². The Hall–Kier alpha value is -1.41. The van der Waals surface area contributed by atoms with Gasteiger partial charge in [-0.15, -0.1) is 11.3 Å². The summed E-state index contributed by atoms with van der Waals surface area (Å²) in [5, 5.41) is 3.93. The number of imidazole rings is 1. The third-order valence-electron chi connectivity index (χ3n) is 2.17. The maximum atomic E-state index is 11.8. The molecule has 2 aromatic rings. The molecule has 4 nitrogen and oxygen atoms in total. The number of Topliss-reactive ketones (excluding diaryl/α,β-unsaturated/α-hetero) is 1. The monoisotopic (exact) mass is 277 g/mol. The Bertz CT molecular complexity index is 517. The summed E-state index contributed by atoms with van der Waals surface area (Å²) in [5.74, 6) is -0.315. The van der Waals surface area contributed by atoms with Crippen LogP contribution in [-0.4, -0.2) is 34.4 Å². The molecule has 0 amide bonds. The van der Waals surface area contributed by atoms with E-state index >= 15 is 0 Å². The highest BCUT2D eigenvalue weighted by Gasteiger charge is 2.26. The normalized spacial score (nSPS) is 12.2. The summed E-state index contributed by atoms with van der Waals surface area (Å²) >= 11 is 1.43. The van der Waals surface area contributed by atoms with Crippen molar-refractivity contribution in [2.24, 2.45) is 0 Å². The van der Waals surface area contributed by atoms with Crippen molar-refractivity contribution >= 4 is 22.1 Å². The van der Waals surface area contributed by atoms with E-state index in [-0.39, 0.29) is 18.7 Å². The van der Waals surface area contributed by atoms with Gasteiger partial charge in [-0.05, 0) is 0 Å². The fraction of sp³-hybridized carbons (Fsp3) is 0.400. The Morgan fingerprint density at radius 3 is 2.94 bits per heavy atom. The van der Waals surface area contributed by atoms with Gasteiger partial charge in [-0.2, -0.15) is 13.2 Å². The fourth-order valence-electron chi connectivity index (χ4n) is 1.47. The smallest absolute Gasteiger partial charge is 0.302 e. The zero-order valence-corrected chi connectivity index (χ0v) is 10.0. The number of hydrogen-bond donors (Lipinski definition) is 1. The van der Waals surface area contributed by atoms with E-state index in [4.69, 9.17) is 0 Å². The van der Waals surface area contributed by atoms with E-state index < -0.39 is 12.7 Å². The lowest BCUT2D eigenvalue weighted by molar-refractivity contribution is -0.127. The molecule has 0 bridgehead atoms. The Labute approximate surface area is 104 Å². The Morgan fingerprint density at radius 1 is 1.50 bits per heavy atom. The number of fused-ring (bicyclic) bond motifs is 1. The van der Waals surface area contributed by atoms with Gasteiger partial charge in [-0.1, -0.05) is 0 Å². The SMILES string of the molecule is O=C(CNCC(F)(F)F)Cc1cn2ccsc2n1. The van der Waals surface area contributed by atoms with Gasteiger partial charge in [0.05, 0.1) is 25.2 Å². The van der Waals surface area contributed by atoms with Crippen molar-refractivity contribution in [3.8, 4) is 0 Å². The van der Waals surface area contributed by atoms with Crippen LogP contribution >= 0.6 is 11.3 Å². The lowest BCUT2D eigenvalue weighted by Gasteiger charge is -2.06. The van der Waals surface area contributed by atoms with Crippen molar-refractivity contribution in [3.05, 3.63) is 23.5 Å². The molecule has 0 saturated carbocycles. The molecule has 0 atom stereocenters. The third-order valence-corrected chi connectivity index (χ3v) is 2.94. The minimum Gasteiger partial charge on any atom is -0.302 e. The van der Waals surface area contributed by atoms with Gasteiger partial charge in [-0.3, -0.25) is 9.20 Å². The zero-order valence-electron chi connectivity index (χ0n) is 9.20. The summed E-state index contributed by atoms with van der Waals surface area (Å²) < 4.78 is 37.3. The molecule has 8 heteroatoms. The van der Waals surface area contributed by atoms with Crippen molar-refractivity contribution in [2.45, 2.75) is 12.6 Å². The van der Waals surface area contributed by atoms with Crippen molar-refractivity contribution in [2.75, 3.05) is 13.1 Å². The maximum Gasteiger partial charge on any atom is 0.401 e. The molecule has 18 heavy (non-hydrogen) atoms. The summed E-state index contributed by atoms with van der Waals surface area (Å²) in [5.41, 5.74) is 0.570. The molecule has 0 radical (unpaired) electrons. The minimum absolute atomic E-state index is 0.0409. The standard InChI is InChI=1S/C10H10F3N3OS/c11-10(12,13)6-14-4-8(17)3-7-5-16-1-2-18-9(16)15-7/h1-2,5,14H,3-4,6H2. The van der Waals surface area contributed by atoms with E-state index in [2.05, 4.69) is 10.3 Å². The number of nitrogens with zero attached hydrogens (tertiary/aromatic N) is 2. The summed E-state index contributed by atoms with van der Waals surface area (Å²) in [4.78, 5) is 16.4. The number of ketones is 1. The van der Waals surface area contributed by atoms with Gasteiger partial charge >= 0.3 is 6.18 Å². The van der Waals surface area contributed by atoms with E-state index in [1.54, 1.807) is 10.6 Å². The highest BCUT2D eigenvalue weighted by Crippen LogP contribution is 2.13. The Balaban J connectivity index is 1.82. The second kappa shape index (κ2) is 5.07. The fourth-order valence-corrected chi connectivity index (χ4v) is 2.19. The van der Waals surface area contributed by atoms with Crippen molar-refractivity contribution in [3.63, 3.8) is 0 Å². The first-order valence-corrected chi connectivity index (χ1v) is 6.02. The van der Waals surface area contributed by atoms with E-state index in [9.17, 15) is 18.0 Å². The summed E-state index contributed by atoms with van der Waals surface area (Å²) in [6.07, 6.45) is -0.743. The van der Waals surface area contributed by atoms with Crippen LogP contribution in [0.5, 0.6) is 0 Å². The molecule has 2 aromatic heterocycles. The molecular weight excluding hydrogens is 267 g/mol. The van der Waals surface area contributed by atoms with Gasteiger partial charge in [0.25, 0.3) is 0 Å². The number of carbonyl (C=O) groups is 1. The predicted molar refractivity (Wildman–Crippen MR) is 60.7 cm³/mol. The molecule has 0 saturated heterocycles. The molecule has 0 aliphatic carbocycles. The summed E-state index contributed by atoms with van der Waals surface area (Å²) in [6.45, 7) is -1.46. The second-order valence-corrected chi connectivity index (χ2v) is 4.63. The maximum absolute atomic E-state index is 11.8. The summed E-state index contributed by atoms with van der Waals surface area (Å²) in [6, 6.07) is 0. The first kappa shape index (κ1) is 13.0. The zero-order chi connectivity index (χ0) is 13.2. The molecule has 0 aliphatic rings. The van der Waals surface area contributed by atoms with Gasteiger partial charge in [0.2, 0.25) is 0 Å². The van der Waals surface area contributed by atoms with Crippen LogP contribution in [0.4, 0.5) is 13.2 Å². The van der Waals surface area contributed by atoms with Crippen LogP contribution < -0.4 is 5.32 Å². The van der Waals surface area contributed by atoms with E-state index in [1.807, 2.05) is 11.6 Å². The molecule has 0 fully saturated rings. The molecule has 0 spiro atoms. The first-order chi connectivity index (χ1) is 8.44. The number of thiazole rings is 1. The number of hydrogen-bond acceptors (Lipinski definition) is 4.